The second-order valence-corrected chi connectivity index (χ2v) is 3.31. The Kier molecular flexibility index (Phi) is 2.87. The van der Waals surface area contributed by atoms with Gasteiger partial charge in [0.1, 0.15) is 5.75 Å². The number of amides is 1. The van der Waals surface area contributed by atoms with E-state index < -0.39 is 0 Å². The average molecular weight is 231 g/mol. The lowest BCUT2D eigenvalue weighted by Gasteiger charge is -2.03. The van der Waals surface area contributed by atoms with Gasteiger partial charge in [0.15, 0.2) is 5.82 Å². The van der Waals surface area contributed by atoms with Gasteiger partial charge in [0, 0.05) is 11.6 Å². The van der Waals surface area contributed by atoms with Crippen molar-refractivity contribution >= 4 is 11.7 Å². The van der Waals surface area contributed by atoms with Crippen LogP contribution in [0.15, 0.2) is 41.2 Å². The highest BCUT2D eigenvalue weighted by molar-refractivity contribution is 6.03. The molecule has 3 N–H and O–H groups in total. The molecule has 17 heavy (non-hydrogen) atoms. The van der Waals surface area contributed by atoms with Crippen LogP contribution in [-0.2, 0) is 0 Å². The molecule has 0 saturated heterocycles. The van der Waals surface area contributed by atoms with Crippen LogP contribution in [0.4, 0.5) is 5.82 Å². The summed E-state index contributed by atoms with van der Waals surface area (Å²) < 4.78 is 0. The molecule has 0 aliphatic heterocycles. The standard InChI is InChI=1S/C11H9N3O3/c15-8-3-1-7(2-4-8)11(17)12-9-5-6-10(16)14-13-9/h1-6,15H,(H,14,16)(H,12,13,17). The monoisotopic (exact) mass is 231 g/mol. The number of hydrogen-bond acceptors (Lipinski definition) is 4. The smallest absolute Gasteiger partial charge is 0.264 e. The number of aromatic nitrogens is 2. The number of aromatic amines is 1. The van der Waals surface area contributed by atoms with Gasteiger partial charge in [-0.05, 0) is 30.3 Å². The maximum absolute atomic E-state index is 11.7. The van der Waals surface area contributed by atoms with Gasteiger partial charge in [0.2, 0.25) is 0 Å². The highest BCUT2D eigenvalue weighted by atomic mass is 16.3. The minimum atomic E-state index is -0.371. The second kappa shape index (κ2) is 4.48. The molecule has 0 bridgehead atoms. The number of H-pyrrole nitrogens is 1. The molecule has 0 aliphatic rings. The zero-order valence-electron chi connectivity index (χ0n) is 8.68. The van der Waals surface area contributed by atoms with E-state index in [4.69, 9.17) is 5.11 Å². The van der Waals surface area contributed by atoms with Gasteiger partial charge in [0.25, 0.3) is 11.5 Å². The Labute approximate surface area is 95.9 Å². The van der Waals surface area contributed by atoms with Gasteiger partial charge in [-0.1, -0.05) is 0 Å². The molecule has 1 amide bonds. The molecule has 2 aromatic rings. The van der Waals surface area contributed by atoms with E-state index in [0.717, 1.165) is 0 Å². The van der Waals surface area contributed by atoms with Crippen LogP contribution in [0.3, 0.4) is 0 Å². The van der Waals surface area contributed by atoms with Gasteiger partial charge in [-0.15, -0.1) is 0 Å². The van der Waals surface area contributed by atoms with Crippen molar-refractivity contribution in [1.82, 2.24) is 10.2 Å². The fraction of sp³-hybridized carbons (Fsp3) is 0. The number of nitrogens with zero attached hydrogens (tertiary/aromatic N) is 1. The number of aromatic hydroxyl groups is 1. The van der Waals surface area contributed by atoms with Crippen LogP contribution in [0.25, 0.3) is 0 Å². The molecule has 0 atom stereocenters. The first kappa shape index (κ1) is 10.9. The number of carbonyl (C=O) groups is 1. The second-order valence-electron chi connectivity index (χ2n) is 3.31. The van der Waals surface area contributed by atoms with Crippen LogP contribution in [-0.4, -0.2) is 21.2 Å². The van der Waals surface area contributed by atoms with E-state index in [-0.39, 0.29) is 23.0 Å². The zero-order chi connectivity index (χ0) is 12.3. The van der Waals surface area contributed by atoms with Crippen LogP contribution >= 0.6 is 0 Å². The van der Waals surface area contributed by atoms with Crippen molar-refractivity contribution in [3.05, 3.63) is 52.3 Å². The summed E-state index contributed by atoms with van der Waals surface area (Å²) in [6.07, 6.45) is 0. The van der Waals surface area contributed by atoms with Gasteiger partial charge >= 0.3 is 0 Å². The van der Waals surface area contributed by atoms with E-state index in [1.807, 2.05) is 0 Å². The van der Waals surface area contributed by atoms with Gasteiger partial charge in [-0.25, -0.2) is 5.10 Å². The third-order valence-corrected chi connectivity index (χ3v) is 2.05. The van der Waals surface area contributed by atoms with Crippen molar-refractivity contribution < 1.29 is 9.90 Å². The van der Waals surface area contributed by atoms with Crippen LogP contribution in [0, 0.1) is 0 Å². The maximum Gasteiger partial charge on any atom is 0.264 e. The SMILES string of the molecule is O=C(Nc1ccc(=O)[nH]n1)c1ccc(O)cc1. The van der Waals surface area contributed by atoms with Gasteiger partial charge in [-0.3, -0.25) is 9.59 Å². The van der Waals surface area contributed by atoms with Gasteiger partial charge < -0.3 is 10.4 Å². The summed E-state index contributed by atoms with van der Waals surface area (Å²) in [5.74, 6) is -0.0315. The van der Waals surface area contributed by atoms with Crippen molar-refractivity contribution in [1.29, 1.82) is 0 Å². The third kappa shape index (κ3) is 2.69. The number of phenolic OH excluding ortho intramolecular Hbond substituents is 1. The molecule has 0 aliphatic carbocycles. The molecule has 0 saturated carbocycles. The lowest BCUT2D eigenvalue weighted by atomic mass is 10.2. The molecule has 1 heterocycles. The Morgan fingerprint density at radius 1 is 1.18 bits per heavy atom. The molecule has 86 valence electrons. The highest BCUT2D eigenvalue weighted by Crippen LogP contribution is 2.10. The first-order valence-electron chi connectivity index (χ1n) is 4.81. The van der Waals surface area contributed by atoms with Gasteiger partial charge in [0.05, 0.1) is 0 Å². The Morgan fingerprint density at radius 3 is 2.47 bits per heavy atom. The Morgan fingerprint density at radius 2 is 1.88 bits per heavy atom. The quantitative estimate of drug-likeness (QED) is 0.709. The summed E-state index contributed by atoms with van der Waals surface area (Å²) in [5, 5.41) is 17.4. The highest BCUT2D eigenvalue weighted by Gasteiger charge is 2.06. The molecule has 1 aromatic heterocycles. The van der Waals surface area contributed by atoms with Crippen LogP contribution in [0.1, 0.15) is 10.4 Å². The fourth-order valence-corrected chi connectivity index (χ4v) is 1.22. The number of rotatable bonds is 2. The van der Waals surface area contributed by atoms with E-state index in [0.29, 0.717) is 5.56 Å². The Balaban J connectivity index is 2.14. The minimum Gasteiger partial charge on any atom is -0.508 e. The molecule has 0 spiro atoms. The lowest BCUT2D eigenvalue weighted by molar-refractivity contribution is 0.102. The molecule has 6 heteroatoms. The molecular weight excluding hydrogens is 222 g/mol. The Hall–Kier alpha value is -2.63. The molecule has 2 rings (SSSR count). The average Bonchev–Trinajstić information content (AvgIpc) is 2.33. The number of carbonyl (C=O) groups excluding carboxylic acids is 1. The number of nitrogens with one attached hydrogen (secondary N) is 2. The van der Waals surface area contributed by atoms with E-state index in [2.05, 4.69) is 15.5 Å². The largest absolute Gasteiger partial charge is 0.508 e. The summed E-state index contributed by atoms with van der Waals surface area (Å²) in [4.78, 5) is 22.4. The molecular formula is C11H9N3O3. The number of anilines is 1. The maximum atomic E-state index is 11.7. The predicted molar refractivity (Wildman–Crippen MR) is 60.9 cm³/mol. The first-order valence-corrected chi connectivity index (χ1v) is 4.81. The van der Waals surface area contributed by atoms with Crippen molar-refractivity contribution in [3.8, 4) is 5.75 Å². The number of phenols is 1. The van der Waals surface area contributed by atoms with E-state index in [1.165, 1.54) is 36.4 Å². The summed E-state index contributed by atoms with van der Waals surface area (Å²) in [6, 6.07) is 8.45. The van der Waals surface area contributed by atoms with Crippen molar-refractivity contribution in [2.24, 2.45) is 0 Å². The number of hydrogen-bond donors (Lipinski definition) is 3. The number of benzene rings is 1. The molecule has 0 unspecified atom stereocenters. The van der Waals surface area contributed by atoms with E-state index in [9.17, 15) is 9.59 Å². The van der Waals surface area contributed by atoms with Gasteiger partial charge in [-0.2, -0.15) is 5.10 Å². The first-order chi connectivity index (χ1) is 8.15. The zero-order valence-corrected chi connectivity index (χ0v) is 8.68. The molecule has 1 aromatic carbocycles. The molecule has 6 nitrogen and oxygen atoms in total. The van der Waals surface area contributed by atoms with Crippen LogP contribution in [0.5, 0.6) is 5.75 Å². The topological polar surface area (TPSA) is 95.1 Å². The third-order valence-electron chi connectivity index (χ3n) is 2.05. The summed E-state index contributed by atoms with van der Waals surface area (Å²) in [7, 11) is 0. The predicted octanol–water partition coefficient (Wildman–Crippen LogP) is 0.728. The van der Waals surface area contributed by atoms with Crippen LogP contribution < -0.4 is 10.9 Å². The fourth-order valence-electron chi connectivity index (χ4n) is 1.22. The normalized spacial score (nSPS) is 9.88. The summed E-state index contributed by atoms with van der Waals surface area (Å²) in [5.41, 5.74) is 0.0448. The van der Waals surface area contributed by atoms with Crippen molar-refractivity contribution in [2.75, 3.05) is 5.32 Å². The van der Waals surface area contributed by atoms with Crippen molar-refractivity contribution in [2.45, 2.75) is 0 Å². The lowest BCUT2D eigenvalue weighted by Crippen LogP contribution is -2.15. The van der Waals surface area contributed by atoms with E-state index >= 15 is 0 Å². The summed E-state index contributed by atoms with van der Waals surface area (Å²) in [6.45, 7) is 0. The molecule has 0 fully saturated rings. The van der Waals surface area contributed by atoms with E-state index in [1.54, 1.807) is 0 Å². The Bertz CT molecular complexity index is 569. The van der Waals surface area contributed by atoms with Crippen LogP contribution in [0.2, 0.25) is 0 Å². The minimum absolute atomic E-state index is 0.0868. The summed E-state index contributed by atoms with van der Waals surface area (Å²) >= 11 is 0. The molecule has 0 radical (unpaired) electrons. The van der Waals surface area contributed by atoms with Crippen molar-refractivity contribution in [3.63, 3.8) is 0 Å².